The van der Waals surface area contributed by atoms with E-state index in [1.165, 1.54) is 6.07 Å². The molecule has 2 rings (SSSR count). The standard InChI is InChI=1S/C17H23F3N2O2/c1-16(2,3)24-15(23)22-9-5-8-21(10-11-22)14-7-4-6-13(12-14)17(18,19)20/h4,6-7,12H,5,8-11H2,1-3H3. The third-order valence-electron chi connectivity index (χ3n) is 3.69. The van der Waals surface area contributed by atoms with Gasteiger partial charge in [-0.1, -0.05) is 6.07 Å². The number of alkyl halides is 3. The lowest BCUT2D eigenvalue weighted by Gasteiger charge is -2.27. The van der Waals surface area contributed by atoms with Crippen molar-refractivity contribution in [1.29, 1.82) is 0 Å². The van der Waals surface area contributed by atoms with Crippen molar-refractivity contribution >= 4 is 11.8 Å². The number of hydrogen-bond donors (Lipinski definition) is 0. The molecule has 0 N–H and O–H groups in total. The van der Waals surface area contributed by atoms with Gasteiger partial charge in [-0.3, -0.25) is 0 Å². The van der Waals surface area contributed by atoms with Crippen LogP contribution in [-0.4, -0.2) is 42.8 Å². The Morgan fingerprint density at radius 3 is 2.42 bits per heavy atom. The highest BCUT2D eigenvalue weighted by Crippen LogP contribution is 2.31. The summed E-state index contributed by atoms with van der Waals surface area (Å²) < 4.78 is 43.9. The fraction of sp³-hybridized carbons (Fsp3) is 0.588. The summed E-state index contributed by atoms with van der Waals surface area (Å²) in [4.78, 5) is 15.6. The van der Waals surface area contributed by atoms with Crippen molar-refractivity contribution in [2.75, 3.05) is 31.1 Å². The van der Waals surface area contributed by atoms with Crippen molar-refractivity contribution in [3.05, 3.63) is 29.8 Å². The maximum absolute atomic E-state index is 12.9. The summed E-state index contributed by atoms with van der Waals surface area (Å²) >= 11 is 0. The van der Waals surface area contributed by atoms with E-state index in [0.29, 0.717) is 38.3 Å². The molecule has 1 aromatic carbocycles. The zero-order valence-electron chi connectivity index (χ0n) is 14.2. The maximum atomic E-state index is 12.9. The van der Waals surface area contributed by atoms with Crippen molar-refractivity contribution in [3.63, 3.8) is 0 Å². The van der Waals surface area contributed by atoms with Gasteiger partial charge in [0.25, 0.3) is 0 Å². The van der Waals surface area contributed by atoms with E-state index in [0.717, 1.165) is 12.1 Å². The Balaban J connectivity index is 2.05. The number of carbonyl (C=O) groups excluding carboxylic acids is 1. The second-order valence-corrected chi connectivity index (χ2v) is 6.86. The number of halogens is 3. The summed E-state index contributed by atoms with van der Waals surface area (Å²) in [6, 6.07) is 5.30. The molecule has 1 fully saturated rings. The molecule has 1 saturated heterocycles. The molecule has 0 aromatic heterocycles. The molecule has 1 aromatic rings. The predicted molar refractivity (Wildman–Crippen MR) is 86.1 cm³/mol. The van der Waals surface area contributed by atoms with Crippen LogP contribution in [0.1, 0.15) is 32.8 Å². The number of hydrogen-bond acceptors (Lipinski definition) is 3. The molecule has 1 aliphatic rings. The molecular formula is C17H23F3N2O2. The van der Waals surface area contributed by atoms with Gasteiger partial charge in [-0.2, -0.15) is 13.2 Å². The van der Waals surface area contributed by atoms with E-state index in [1.54, 1.807) is 31.7 Å². The molecule has 24 heavy (non-hydrogen) atoms. The minimum absolute atomic E-state index is 0.381. The van der Waals surface area contributed by atoms with Crippen molar-refractivity contribution in [3.8, 4) is 0 Å². The predicted octanol–water partition coefficient (Wildman–Crippen LogP) is 4.15. The van der Waals surface area contributed by atoms with Crippen molar-refractivity contribution in [2.24, 2.45) is 0 Å². The van der Waals surface area contributed by atoms with Crippen LogP contribution in [0, 0.1) is 0 Å². The fourth-order valence-electron chi connectivity index (χ4n) is 2.56. The van der Waals surface area contributed by atoms with Gasteiger partial charge in [-0.05, 0) is 45.4 Å². The Kier molecular flexibility index (Phi) is 5.30. The number of ether oxygens (including phenoxy) is 1. The average Bonchev–Trinajstić information content (AvgIpc) is 2.70. The number of anilines is 1. The second-order valence-electron chi connectivity index (χ2n) is 6.86. The highest BCUT2D eigenvalue weighted by Gasteiger charge is 2.31. The third kappa shape index (κ3) is 5.04. The highest BCUT2D eigenvalue weighted by molar-refractivity contribution is 5.68. The van der Waals surface area contributed by atoms with Gasteiger partial charge in [0, 0.05) is 31.9 Å². The van der Waals surface area contributed by atoms with E-state index < -0.39 is 17.3 Å². The molecule has 1 aliphatic heterocycles. The third-order valence-corrected chi connectivity index (χ3v) is 3.69. The Hall–Kier alpha value is -1.92. The highest BCUT2D eigenvalue weighted by atomic mass is 19.4. The van der Waals surface area contributed by atoms with Crippen LogP contribution in [0.2, 0.25) is 0 Å². The molecule has 1 heterocycles. The van der Waals surface area contributed by atoms with Crippen LogP contribution in [0.15, 0.2) is 24.3 Å². The first-order chi connectivity index (χ1) is 11.1. The molecule has 134 valence electrons. The number of benzene rings is 1. The average molecular weight is 344 g/mol. The number of amides is 1. The monoisotopic (exact) mass is 344 g/mol. The van der Waals surface area contributed by atoms with Gasteiger partial charge < -0.3 is 14.5 Å². The van der Waals surface area contributed by atoms with Gasteiger partial charge >= 0.3 is 12.3 Å². The summed E-state index contributed by atoms with van der Waals surface area (Å²) in [6.07, 6.45) is -4.06. The first-order valence-electron chi connectivity index (χ1n) is 7.96. The molecule has 0 saturated carbocycles. The SMILES string of the molecule is CC(C)(C)OC(=O)N1CCCN(c2cccc(C(F)(F)F)c2)CC1. The normalized spacial score (nSPS) is 16.8. The molecule has 7 heteroatoms. The van der Waals surface area contributed by atoms with Crippen LogP contribution in [-0.2, 0) is 10.9 Å². The van der Waals surface area contributed by atoms with Crippen LogP contribution in [0.3, 0.4) is 0 Å². The minimum Gasteiger partial charge on any atom is -0.444 e. The van der Waals surface area contributed by atoms with E-state index in [9.17, 15) is 18.0 Å². The fourth-order valence-corrected chi connectivity index (χ4v) is 2.56. The quantitative estimate of drug-likeness (QED) is 0.767. The van der Waals surface area contributed by atoms with E-state index in [1.807, 2.05) is 4.90 Å². The Bertz CT molecular complexity index is 582. The molecule has 0 spiro atoms. The van der Waals surface area contributed by atoms with E-state index >= 15 is 0 Å². The zero-order valence-corrected chi connectivity index (χ0v) is 14.2. The van der Waals surface area contributed by atoms with Gasteiger partial charge in [0.2, 0.25) is 0 Å². The molecule has 1 amide bonds. The molecule has 0 aliphatic carbocycles. The Morgan fingerprint density at radius 1 is 1.08 bits per heavy atom. The smallest absolute Gasteiger partial charge is 0.416 e. The molecule has 0 atom stereocenters. The summed E-state index contributed by atoms with van der Waals surface area (Å²) in [5.41, 5.74) is -0.700. The summed E-state index contributed by atoms with van der Waals surface area (Å²) in [6.45, 7) is 7.43. The lowest BCUT2D eigenvalue weighted by atomic mass is 10.1. The van der Waals surface area contributed by atoms with E-state index in [-0.39, 0.29) is 6.09 Å². The van der Waals surface area contributed by atoms with Gasteiger partial charge in [0.1, 0.15) is 5.60 Å². The molecular weight excluding hydrogens is 321 g/mol. The first kappa shape index (κ1) is 18.4. The van der Waals surface area contributed by atoms with Gasteiger partial charge in [0.15, 0.2) is 0 Å². The van der Waals surface area contributed by atoms with Crippen molar-refractivity contribution in [2.45, 2.75) is 39.0 Å². The molecule has 0 bridgehead atoms. The second kappa shape index (κ2) is 6.91. The van der Waals surface area contributed by atoms with Crippen molar-refractivity contribution in [1.82, 2.24) is 4.90 Å². The van der Waals surface area contributed by atoms with Gasteiger partial charge in [-0.15, -0.1) is 0 Å². The van der Waals surface area contributed by atoms with Crippen LogP contribution < -0.4 is 4.90 Å². The minimum atomic E-state index is -4.36. The summed E-state index contributed by atoms with van der Waals surface area (Å²) in [5.74, 6) is 0. The van der Waals surface area contributed by atoms with Gasteiger partial charge in [0.05, 0.1) is 5.56 Å². The molecule has 0 radical (unpaired) electrons. The number of carbonyl (C=O) groups is 1. The maximum Gasteiger partial charge on any atom is 0.416 e. The number of nitrogens with zero attached hydrogens (tertiary/aromatic N) is 2. The van der Waals surface area contributed by atoms with Crippen LogP contribution in [0.25, 0.3) is 0 Å². The lowest BCUT2D eigenvalue weighted by Crippen LogP contribution is -2.39. The lowest BCUT2D eigenvalue weighted by molar-refractivity contribution is -0.137. The van der Waals surface area contributed by atoms with Gasteiger partial charge in [-0.25, -0.2) is 4.79 Å². The van der Waals surface area contributed by atoms with Crippen LogP contribution in [0.4, 0.5) is 23.7 Å². The van der Waals surface area contributed by atoms with E-state index in [4.69, 9.17) is 4.74 Å². The number of rotatable bonds is 1. The zero-order chi connectivity index (χ0) is 18.0. The molecule has 0 unspecified atom stereocenters. The van der Waals surface area contributed by atoms with Crippen molar-refractivity contribution < 1.29 is 22.7 Å². The van der Waals surface area contributed by atoms with Crippen LogP contribution in [0.5, 0.6) is 0 Å². The molecule has 4 nitrogen and oxygen atoms in total. The Morgan fingerprint density at radius 2 is 1.79 bits per heavy atom. The van der Waals surface area contributed by atoms with E-state index in [2.05, 4.69) is 0 Å². The largest absolute Gasteiger partial charge is 0.444 e. The summed E-state index contributed by atoms with van der Waals surface area (Å²) in [5, 5.41) is 0. The van der Waals surface area contributed by atoms with Crippen LogP contribution >= 0.6 is 0 Å². The Labute approximate surface area is 140 Å². The summed E-state index contributed by atoms with van der Waals surface area (Å²) in [7, 11) is 0. The first-order valence-corrected chi connectivity index (χ1v) is 7.96. The topological polar surface area (TPSA) is 32.8 Å².